The van der Waals surface area contributed by atoms with Crippen molar-refractivity contribution in [3.8, 4) is 0 Å². The Labute approximate surface area is 200 Å². The van der Waals surface area contributed by atoms with Gasteiger partial charge in [0.2, 0.25) is 0 Å². The van der Waals surface area contributed by atoms with Crippen LogP contribution < -0.4 is 5.43 Å². The summed E-state index contributed by atoms with van der Waals surface area (Å²) in [7, 11) is 0. The van der Waals surface area contributed by atoms with Gasteiger partial charge in [-0.25, -0.2) is 14.4 Å². The number of aliphatic imine (C=N–C) groups is 1. The van der Waals surface area contributed by atoms with E-state index in [-0.39, 0.29) is 5.82 Å². The molecule has 2 aliphatic rings. The number of hydrogen-bond acceptors (Lipinski definition) is 4. The second kappa shape index (κ2) is 10.8. The Balaban J connectivity index is 0.00000126. The molecule has 0 bridgehead atoms. The molecular formula is C28H30FN3S. The molecule has 0 radical (unpaired) electrons. The zero-order chi connectivity index (χ0) is 23.2. The van der Waals surface area contributed by atoms with E-state index in [1.807, 2.05) is 32.0 Å². The first-order valence-electron chi connectivity index (χ1n) is 11.6. The van der Waals surface area contributed by atoms with Gasteiger partial charge in [-0.05, 0) is 43.2 Å². The van der Waals surface area contributed by atoms with Crippen molar-refractivity contribution in [2.45, 2.75) is 42.9 Å². The molecule has 2 heterocycles. The highest BCUT2D eigenvalue weighted by molar-refractivity contribution is 7.99. The van der Waals surface area contributed by atoms with Gasteiger partial charge in [0, 0.05) is 45.3 Å². The van der Waals surface area contributed by atoms with E-state index in [1.54, 1.807) is 23.9 Å². The van der Waals surface area contributed by atoms with Crippen LogP contribution in [0.5, 0.6) is 0 Å². The number of nitrogens with zero attached hydrogens (tertiary/aromatic N) is 2. The normalized spacial score (nSPS) is 15.2. The van der Waals surface area contributed by atoms with Crippen LogP contribution >= 0.6 is 11.8 Å². The number of halogens is 1. The van der Waals surface area contributed by atoms with Crippen molar-refractivity contribution in [3.63, 3.8) is 0 Å². The van der Waals surface area contributed by atoms with Crippen LogP contribution in [-0.4, -0.2) is 23.8 Å². The Hall–Kier alpha value is -2.89. The molecule has 5 rings (SSSR count). The summed E-state index contributed by atoms with van der Waals surface area (Å²) in [5.74, 6) is -0.261. The van der Waals surface area contributed by atoms with Gasteiger partial charge in [-0.15, -0.1) is 0 Å². The molecule has 3 aromatic rings. The fourth-order valence-electron chi connectivity index (χ4n) is 4.05. The Morgan fingerprint density at radius 1 is 0.939 bits per heavy atom. The van der Waals surface area contributed by atoms with Crippen molar-refractivity contribution < 1.29 is 4.39 Å². The van der Waals surface area contributed by atoms with Gasteiger partial charge in [-0.3, -0.25) is 0 Å². The van der Waals surface area contributed by atoms with Crippen LogP contribution in [0, 0.1) is 5.82 Å². The highest BCUT2D eigenvalue weighted by Crippen LogP contribution is 2.42. The van der Waals surface area contributed by atoms with Crippen LogP contribution in [0.4, 0.5) is 10.1 Å². The third kappa shape index (κ3) is 5.37. The highest BCUT2D eigenvalue weighted by atomic mass is 32.2. The second-order valence-corrected chi connectivity index (χ2v) is 8.97. The van der Waals surface area contributed by atoms with E-state index in [9.17, 15) is 4.39 Å². The molecule has 0 aliphatic carbocycles. The lowest BCUT2D eigenvalue weighted by Gasteiger charge is -2.28. The lowest BCUT2D eigenvalue weighted by molar-refractivity contribution is 0.189. The monoisotopic (exact) mass is 459 g/mol. The smallest absolute Gasteiger partial charge is 0.123 e. The van der Waals surface area contributed by atoms with Gasteiger partial charge in [0.15, 0.2) is 0 Å². The predicted octanol–water partition coefficient (Wildman–Crippen LogP) is 7.45. The molecule has 0 unspecified atom stereocenters. The first kappa shape index (κ1) is 23.3. The first-order chi connectivity index (χ1) is 16.2. The number of rotatable bonds is 4. The lowest BCUT2D eigenvalue weighted by Crippen LogP contribution is -2.40. The molecule has 1 fully saturated rings. The highest BCUT2D eigenvalue weighted by Gasteiger charge is 2.20. The van der Waals surface area contributed by atoms with E-state index in [4.69, 9.17) is 4.99 Å². The maximum atomic E-state index is 14.0. The maximum absolute atomic E-state index is 14.0. The van der Waals surface area contributed by atoms with E-state index < -0.39 is 0 Å². The summed E-state index contributed by atoms with van der Waals surface area (Å²) in [5, 5.41) is 2.24. The SMILES string of the molecule is C=C(NN1CCCCC1)c1ccc2c(c1)N=C(c1cccc(F)c1)c1ccccc1S2.CC. The summed E-state index contributed by atoms with van der Waals surface area (Å²) in [6.45, 7) is 10.3. The largest absolute Gasteiger partial charge is 0.319 e. The van der Waals surface area contributed by atoms with Gasteiger partial charge >= 0.3 is 0 Å². The molecule has 1 saturated heterocycles. The first-order valence-corrected chi connectivity index (χ1v) is 12.5. The Morgan fingerprint density at radius 3 is 2.52 bits per heavy atom. The average molecular weight is 460 g/mol. The van der Waals surface area contributed by atoms with Crippen molar-refractivity contribution in [2.24, 2.45) is 4.99 Å². The molecule has 0 saturated carbocycles. The topological polar surface area (TPSA) is 27.6 Å². The molecule has 0 atom stereocenters. The summed E-state index contributed by atoms with van der Waals surface area (Å²) in [5.41, 5.74) is 8.79. The minimum Gasteiger partial charge on any atom is -0.319 e. The number of benzene rings is 3. The molecule has 3 nitrogen and oxygen atoms in total. The fraction of sp³-hybridized carbons (Fsp3) is 0.250. The molecule has 5 heteroatoms. The molecule has 0 amide bonds. The van der Waals surface area contributed by atoms with E-state index >= 15 is 0 Å². The standard InChI is InChI=1S/C26H24FN3S.C2H6/c1-18(29-30-14-5-2-6-15-30)19-12-13-25-23(17-19)28-26(20-8-7-9-21(27)16-20)22-10-3-4-11-24(22)31-25;1-2/h3-4,7-13,16-17,29H,1-2,5-6,14-15H2;1-2H3. The lowest BCUT2D eigenvalue weighted by atomic mass is 10.0. The molecule has 3 aromatic carbocycles. The fourth-order valence-corrected chi connectivity index (χ4v) is 5.05. The van der Waals surface area contributed by atoms with Crippen molar-refractivity contribution >= 4 is 28.9 Å². The summed E-state index contributed by atoms with van der Waals surface area (Å²) in [6, 6.07) is 21.1. The van der Waals surface area contributed by atoms with Crippen LogP contribution in [0.15, 0.2) is 88.1 Å². The number of hydrazine groups is 1. The Morgan fingerprint density at radius 2 is 1.73 bits per heavy atom. The van der Waals surface area contributed by atoms with E-state index in [0.29, 0.717) is 0 Å². The second-order valence-electron chi connectivity index (χ2n) is 7.89. The van der Waals surface area contributed by atoms with Crippen molar-refractivity contribution in [1.82, 2.24) is 10.4 Å². The zero-order valence-corrected chi connectivity index (χ0v) is 20.1. The van der Waals surface area contributed by atoms with Crippen LogP contribution in [0.2, 0.25) is 0 Å². The molecule has 2 aliphatic heterocycles. The van der Waals surface area contributed by atoms with Crippen molar-refractivity contribution in [3.05, 3.63) is 95.8 Å². The molecular weight excluding hydrogens is 429 g/mol. The maximum Gasteiger partial charge on any atom is 0.123 e. The summed E-state index contributed by atoms with van der Waals surface area (Å²) < 4.78 is 14.0. The van der Waals surface area contributed by atoms with Crippen LogP contribution in [-0.2, 0) is 0 Å². The number of nitrogens with one attached hydrogen (secondary N) is 1. The van der Waals surface area contributed by atoms with Gasteiger partial charge in [0.25, 0.3) is 0 Å². The molecule has 0 spiro atoms. The van der Waals surface area contributed by atoms with E-state index in [0.717, 1.165) is 56.7 Å². The average Bonchev–Trinajstić information content (AvgIpc) is 3.02. The minimum atomic E-state index is -0.261. The quantitative estimate of drug-likeness (QED) is 0.343. The van der Waals surface area contributed by atoms with Gasteiger partial charge < -0.3 is 5.43 Å². The summed E-state index contributed by atoms with van der Waals surface area (Å²) in [6.07, 6.45) is 3.71. The predicted molar refractivity (Wildman–Crippen MR) is 138 cm³/mol. The van der Waals surface area contributed by atoms with Gasteiger partial charge in [-0.1, -0.05) is 75.0 Å². The summed E-state index contributed by atoms with van der Waals surface area (Å²) >= 11 is 1.69. The Kier molecular flexibility index (Phi) is 7.63. The van der Waals surface area contributed by atoms with Gasteiger partial charge in [0.05, 0.1) is 11.4 Å². The van der Waals surface area contributed by atoms with Crippen molar-refractivity contribution in [2.75, 3.05) is 13.1 Å². The van der Waals surface area contributed by atoms with Crippen molar-refractivity contribution in [1.29, 1.82) is 0 Å². The molecule has 0 aromatic heterocycles. The Bertz CT molecular complexity index is 1170. The molecule has 1 N–H and O–H groups in total. The third-order valence-corrected chi connectivity index (χ3v) is 6.79. The van der Waals surface area contributed by atoms with Crippen LogP contribution in [0.1, 0.15) is 49.8 Å². The van der Waals surface area contributed by atoms with Crippen LogP contribution in [0.3, 0.4) is 0 Å². The molecule has 170 valence electrons. The zero-order valence-electron chi connectivity index (χ0n) is 19.3. The van der Waals surface area contributed by atoms with Gasteiger partial charge in [-0.2, -0.15) is 0 Å². The van der Waals surface area contributed by atoms with Crippen LogP contribution in [0.25, 0.3) is 5.70 Å². The molecule has 33 heavy (non-hydrogen) atoms. The summed E-state index contributed by atoms with van der Waals surface area (Å²) in [4.78, 5) is 7.22. The third-order valence-electron chi connectivity index (χ3n) is 5.65. The van der Waals surface area contributed by atoms with Gasteiger partial charge in [0.1, 0.15) is 5.82 Å². The number of hydrogen-bond donors (Lipinski definition) is 1. The van der Waals surface area contributed by atoms with E-state index in [2.05, 4.69) is 47.3 Å². The number of fused-ring (bicyclic) bond motifs is 2. The van der Waals surface area contributed by atoms with E-state index in [1.165, 1.54) is 25.3 Å². The minimum absolute atomic E-state index is 0.261. The number of piperidine rings is 1.